The van der Waals surface area contributed by atoms with Gasteiger partial charge in [0.1, 0.15) is 27.4 Å². The molecule has 2 aromatic heterocycles. The highest BCUT2D eigenvalue weighted by Gasteiger charge is 2.18. The summed E-state index contributed by atoms with van der Waals surface area (Å²) in [5, 5.41) is 12.3. The largest absolute Gasteiger partial charge is 0.397 e. The predicted octanol–water partition coefficient (Wildman–Crippen LogP) is 2.44. The number of amides is 1. The number of carbonyl (C=O) groups is 1. The van der Waals surface area contributed by atoms with Gasteiger partial charge in [0, 0.05) is 11.9 Å². The van der Waals surface area contributed by atoms with E-state index in [-0.39, 0.29) is 28.8 Å². The van der Waals surface area contributed by atoms with Gasteiger partial charge in [0.2, 0.25) is 0 Å². The van der Waals surface area contributed by atoms with Crippen LogP contribution < -0.4 is 16.8 Å². The van der Waals surface area contributed by atoms with E-state index in [1.54, 1.807) is 18.2 Å². The summed E-state index contributed by atoms with van der Waals surface area (Å²) in [4.78, 5) is 17.3. The van der Waals surface area contributed by atoms with Crippen molar-refractivity contribution in [1.82, 2.24) is 10.3 Å². The minimum Gasteiger partial charge on any atom is -0.397 e. The smallest absolute Gasteiger partial charge is 0.263 e. The van der Waals surface area contributed by atoms with Crippen LogP contribution in [0.4, 0.5) is 15.9 Å². The molecule has 3 aromatic rings. The Bertz CT molecular complexity index is 991. The number of aromatic nitrogens is 1. The molecule has 6 nitrogen and oxygen atoms in total. The molecule has 0 aliphatic carbocycles. The van der Waals surface area contributed by atoms with Crippen LogP contribution in [0, 0.1) is 17.1 Å². The van der Waals surface area contributed by atoms with Gasteiger partial charge in [-0.1, -0.05) is 12.1 Å². The SMILES string of the molecule is N#Cc1cc2c(N)c(C(=O)NCCc3ccc(F)cc3)sc2nc1N. The number of hydrogen-bond donors (Lipinski definition) is 3. The van der Waals surface area contributed by atoms with E-state index in [9.17, 15) is 9.18 Å². The number of nitrogens with two attached hydrogens (primary N) is 2. The number of halogens is 1. The lowest BCUT2D eigenvalue weighted by Gasteiger charge is -2.04. The van der Waals surface area contributed by atoms with Gasteiger partial charge in [-0.2, -0.15) is 5.26 Å². The van der Waals surface area contributed by atoms with Crippen molar-refractivity contribution in [3.05, 3.63) is 52.2 Å². The molecule has 0 spiro atoms. The van der Waals surface area contributed by atoms with Gasteiger partial charge >= 0.3 is 0 Å². The summed E-state index contributed by atoms with van der Waals surface area (Å²) in [6.45, 7) is 0.386. The molecule has 1 aromatic carbocycles. The maximum Gasteiger partial charge on any atom is 0.263 e. The van der Waals surface area contributed by atoms with Gasteiger partial charge in [0.15, 0.2) is 0 Å². The lowest BCUT2D eigenvalue weighted by Crippen LogP contribution is -2.25. The molecule has 5 N–H and O–H groups in total. The third-order valence-corrected chi connectivity index (χ3v) is 4.80. The van der Waals surface area contributed by atoms with E-state index < -0.39 is 0 Å². The molecule has 0 radical (unpaired) electrons. The summed E-state index contributed by atoms with van der Waals surface area (Å²) in [6, 6.07) is 9.59. The molecular formula is C17H14FN5OS. The van der Waals surface area contributed by atoms with E-state index in [2.05, 4.69) is 10.3 Å². The van der Waals surface area contributed by atoms with E-state index in [1.807, 2.05) is 6.07 Å². The highest BCUT2D eigenvalue weighted by molar-refractivity contribution is 7.21. The summed E-state index contributed by atoms with van der Waals surface area (Å²) in [7, 11) is 0. The summed E-state index contributed by atoms with van der Waals surface area (Å²) >= 11 is 1.13. The van der Waals surface area contributed by atoms with Gasteiger partial charge in [0.25, 0.3) is 5.91 Å². The molecule has 0 saturated heterocycles. The normalized spacial score (nSPS) is 10.6. The summed E-state index contributed by atoms with van der Waals surface area (Å²) in [5.41, 5.74) is 13.1. The molecule has 126 valence electrons. The maximum absolute atomic E-state index is 12.9. The Hall–Kier alpha value is -3.18. The number of hydrogen-bond acceptors (Lipinski definition) is 6. The summed E-state index contributed by atoms with van der Waals surface area (Å²) < 4.78 is 12.9. The molecule has 25 heavy (non-hydrogen) atoms. The maximum atomic E-state index is 12.9. The monoisotopic (exact) mass is 355 g/mol. The number of carbonyl (C=O) groups excluding carboxylic acids is 1. The highest BCUT2D eigenvalue weighted by atomic mass is 32.1. The van der Waals surface area contributed by atoms with E-state index in [4.69, 9.17) is 16.7 Å². The van der Waals surface area contributed by atoms with Crippen LogP contribution in [0.25, 0.3) is 10.2 Å². The fourth-order valence-electron chi connectivity index (χ4n) is 2.36. The second kappa shape index (κ2) is 6.75. The molecule has 1 amide bonds. The Morgan fingerprint density at radius 3 is 2.72 bits per heavy atom. The molecule has 0 fully saturated rings. The van der Waals surface area contributed by atoms with Gasteiger partial charge in [-0.3, -0.25) is 4.79 Å². The Labute approximate surface area is 146 Å². The van der Waals surface area contributed by atoms with Crippen LogP contribution in [-0.4, -0.2) is 17.4 Å². The number of benzene rings is 1. The first-order chi connectivity index (χ1) is 12.0. The third-order valence-electron chi connectivity index (χ3n) is 3.69. The fourth-order valence-corrected chi connectivity index (χ4v) is 3.37. The number of thiophene rings is 1. The number of rotatable bonds is 4. The van der Waals surface area contributed by atoms with Crippen molar-refractivity contribution in [1.29, 1.82) is 5.26 Å². The Kier molecular flexibility index (Phi) is 4.50. The number of pyridine rings is 1. The van der Waals surface area contributed by atoms with E-state index in [0.29, 0.717) is 28.1 Å². The standard InChI is InChI=1S/C17H14FN5OS/c18-11-3-1-9(2-4-11)5-6-22-16(24)14-13(20)12-7-10(8-19)15(21)23-17(12)25-14/h1-4,7H,5-6,20H2,(H2,21,23)(H,22,24). The van der Waals surface area contributed by atoms with Crippen molar-refractivity contribution in [2.24, 2.45) is 0 Å². The molecule has 0 aliphatic heterocycles. The molecular weight excluding hydrogens is 341 g/mol. The summed E-state index contributed by atoms with van der Waals surface area (Å²) in [5.74, 6) is -0.506. The molecule has 2 heterocycles. The van der Waals surface area contributed by atoms with E-state index in [0.717, 1.165) is 16.9 Å². The van der Waals surface area contributed by atoms with Gasteiger partial charge < -0.3 is 16.8 Å². The molecule has 0 aliphatic rings. The number of nitrogen functional groups attached to an aromatic ring is 2. The zero-order valence-electron chi connectivity index (χ0n) is 13.0. The molecule has 0 atom stereocenters. The third kappa shape index (κ3) is 3.36. The van der Waals surface area contributed by atoms with Crippen molar-refractivity contribution < 1.29 is 9.18 Å². The average Bonchev–Trinajstić information content (AvgIpc) is 2.91. The van der Waals surface area contributed by atoms with E-state index >= 15 is 0 Å². The van der Waals surface area contributed by atoms with Crippen LogP contribution >= 0.6 is 11.3 Å². The molecule has 0 bridgehead atoms. The highest BCUT2D eigenvalue weighted by Crippen LogP contribution is 2.34. The Morgan fingerprint density at radius 1 is 1.32 bits per heavy atom. The van der Waals surface area contributed by atoms with Gasteiger partial charge in [-0.25, -0.2) is 9.37 Å². The van der Waals surface area contributed by atoms with Crippen molar-refractivity contribution in [3.63, 3.8) is 0 Å². The van der Waals surface area contributed by atoms with Crippen molar-refractivity contribution in [2.75, 3.05) is 18.0 Å². The van der Waals surface area contributed by atoms with Crippen LogP contribution in [-0.2, 0) is 6.42 Å². The number of anilines is 2. The van der Waals surface area contributed by atoms with Crippen molar-refractivity contribution >= 4 is 39.0 Å². The quantitative estimate of drug-likeness (QED) is 0.664. The topological polar surface area (TPSA) is 118 Å². The van der Waals surface area contributed by atoms with Gasteiger partial charge in [-0.15, -0.1) is 11.3 Å². The molecule has 0 unspecified atom stereocenters. The second-order valence-corrected chi connectivity index (χ2v) is 6.36. The Morgan fingerprint density at radius 2 is 2.04 bits per heavy atom. The molecule has 0 saturated carbocycles. The first kappa shape index (κ1) is 16.7. The van der Waals surface area contributed by atoms with Crippen molar-refractivity contribution in [3.8, 4) is 6.07 Å². The number of nitriles is 1. The van der Waals surface area contributed by atoms with E-state index in [1.165, 1.54) is 12.1 Å². The van der Waals surface area contributed by atoms with Crippen LogP contribution in [0.1, 0.15) is 20.8 Å². The molecule has 3 rings (SSSR count). The fraction of sp³-hybridized carbons (Fsp3) is 0.118. The van der Waals surface area contributed by atoms with Crippen LogP contribution in [0.2, 0.25) is 0 Å². The zero-order valence-corrected chi connectivity index (χ0v) is 13.9. The molecule has 8 heteroatoms. The van der Waals surface area contributed by atoms with Gasteiger partial charge in [-0.05, 0) is 30.2 Å². The first-order valence-corrected chi connectivity index (χ1v) is 8.22. The summed E-state index contributed by atoms with van der Waals surface area (Å²) in [6.07, 6.45) is 0.570. The van der Waals surface area contributed by atoms with Crippen molar-refractivity contribution in [2.45, 2.75) is 6.42 Å². The second-order valence-electron chi connectivity index (χ2n) is 5.36. The minimum atomic E-state index is -0.320. The lowest BCUT2D eigenvalue weighted by molar-refractivity contribution is 0.0959. The van der Waals surface area contributed by atoms with Crippen LogP contribution in [0.15, 0.2) is 30.3 Å². The average molecular weight is 355 g/mol. The first-order valence-electron chi connectivity index (χ1n) is 7.41. The zero-order chi connectivity index (χ0) is 18.0. The minimum absolute atomic E-state index is 0.111. The lowest BCUT2D eigenvalue weighted by atomic mass is 10.1. The number of nitrogens with zero attached hydrogens (tertiary/aromatic N) is 2. The van der Waals surface area contributed by atoms with Crippen LogP contribution in [0.3, 0.4) is 0 Å². The Balaban J connectivity index is 1.74. The predicted molar refractivity (Wildman–Crippen MR) is 95.6 cm³/mol. The van der Waals surface area contributed by atoms with Crippen LogP contribution in [0.5, 0.6) is 0 Å². The van der Waals surface area contributed by atoms with Gasteiger partial charge in [0.05, 0.1) is 11.3 Å². The number of fused-ring (bicyclic) bond motifs is 1. The number of nitrogens with one attached hydrogen (secondary N) is 1.